The standard InChI is InChI=1S/C15H21BrFN3O2/c1-15(2,3)22-14(21)20-6-4-5-18-12(9-20)13-11(17)7-10(16)8-19-13/h7-8,12,18H,4-6,9H2,1-3H3. The minimum Gasteiger partial charge on any atom is -0.444 e. The summed E-state index contributed by atoms with van der Waals surface area (Å²) in [6, 6.07) is 1.04. The summed E-state index contributed by atoms with van der Waals surface area (Å²) in [5.41, 5.74) is -0.230. The summed E-state index contributed by atoms with van der Waals surface area (Å²) in [5.74, 6) is -0.391. The van der Waals surface area contributed by atoms with Crippen LogP contribution in [-0.2, 0) is 4.74 Å². The summed E-state index contributed by atoms with van der Waals surface area (Å²) in [6.07, 6.45) is 1.97. The Balaban J connectivity index is 2.14. The molecule has 0 saturated carbocycles. The first-order valence-corrected chi connectivity index (χ1v) is 8.08. The Morgan fingerprint density at radius 2 is 2.27 bits per heavy atom. The number of halogens is 2. The maximum Gasteiger partial charge on any atom is 0.410 e. The van der Waals surface area contributed by atoms with E-state index in [1.54, 1.807) is 11.1 Å². The van der Waals surface area contributed by atoms with E-state index in [0.717, 1.165) is 6.42 Å². The molecule has 1 aliphatic rings. The first-order valence-electron chi connectivity index (χ1n) is 7.28. The van der Waals surface area contributed by atoms with E-state index in [1.165, 1.54) is 6.07 Å². The number of hydrogen-bond acceptors (Lipinski definition) is 4. The van der Waals surface area contributed by atoms with Crippen molar-refractivity contribution in [2.45, 2.75) is 38.8 Å². The summed E-state index contributed by atoms with van der Waals surface area (Å²) < 4.78 is 20.1. The van der Waals surface area contributed by atoms with Gasteiger partial charge in [0.2, 0.25) is 0 Å². The van der Waals surface area contributed by atoms with Crippen molar-refractivity contribution in [3.63, 3.8) is 0 Å². The van der Waals surface area contributed by atoms with Gasteiger partial charge < -0.3 is 15.0 Å². The second-order valence-electron chi connectivity index (χ2n) is 6.31. The van der Waals surface area contributed by atoms with E-state index in [4.69, 9.17) is 4.74 Å². The summed E-state index contributed by atoms with van der Waals surface area (Å²) in [5, 5.41) is 3.24. The monoisotopic (exact) mass is 373 g/mol. The molecule has 2 heterocycles. The highest BCUT2D eigenvalue weighted by Gasteiger charge is 2.28. The van der Waals surface area contributed by atoms with E-state index in [2.05, 4.69) is 26.2 Å². The summed E-state index contributed by atoms with van der Waals surface area (Å²) in [7, 11) is 0. The number of ether oxygens (including phenoxy) is 1. The second-order valence-corrected chi connectivity index (χ2v) is 7.22. The van der Waals surface area contributed by atoms with Crippen molar-refractivity contribution in [1.82, 2.24) is 15.2 Å². The van der Waals surface area contributed by atoms with Gasteiger partial charge in [-0.05, 0) is 55.7 Å². The van der Waals surface area contributed by atoms with Gasteiger partial charge in [-0.3, -0.25) is 4.98 Å². The first kappa shape index (κ1) is 17.1. The predicted molar refractivity (Wildman–Crippen MR) is 85.1 cm³/mol. The molecular weight excluding hydrogens is 353 g/mol. The number of hydrogen-bond donors (Lipinski definition) is 1. The highest BCUT2D eigenvalue weighted by atomic mass is 79.9. The molecule has 1 unspecified atom stereocenters. The molecule has 0 bridgehead atoms. The largest absolute Gasteiger partial charge is 0.444 e. The maximum atomic E-state index is 14.1. The zero-order chi connectivity index (χ0) is 16.3. The Morgan fingerprint density at radius 3 is 2.91 bits per heavy atom. The number of nitrogens with one attached hydrogen (secondary N) is 1. The van der Waals surface area contributed by atoms with Crippen LogP contribution >= 0.6 is 15.9 Å². The van der Waals surface area contributed by atoms with E-state index in [-0.39, 0.29) is 12.1 Å². The van der Waals surface area contributed by atoms with E-state index in [1.807, 2.05) is 20.8 Å². The molecule has 1 aliphatic heterocycles. The third kappa shape index (κ3) is 4.64. The van der Waals surface area contributed by atoms with Gasteiger partial charge >= 0.3 is 6.09 Å². The van der Waals surface area contributed by atoms with E-state index < -0.39 is 11.4 Å². The van der Waals surface area contributed by atoms with Crippen molar-refractivity contribution < 1.29 is 13.9 Å². The Bertz CT molecular complexity index is 548. The molecule has 0 aromatic carbocycles. The smallest absolute Gasteiger partial charge is 0.410 e. The average molecular weight is 374 g/mol. The van der Waals surface area contributed by atoms with E-state index in [9.17, 15) is 9.18 Å². The molecule has 22 heavy (non-hydrogen) atoms. The van der Waals surface area contributed by atoms with Gasteiger partial charge in [0.05, 0.1) is 11.7 Å². The van der Waals surface area contributed by atoms with Crippen LogP contribution in [0.1, 0.15) is 38.9 Å². The molecule has 1 amide bonds. The number of nitrogens with zero attached hydrogens (tertiary/aromatic N) is 2. The van der Waals surface area contributed by atoms with Crippen molar-refractivity contribution in [3.05, 3.63) is 28.2 Å². The minimum absolute atomic E-state index is 0.318. The Kier molecular flexibility index (Phi) is 5.39. The molecule has 1 saturated heterocycles. The predicted octanol–water partition coefficient (Wildman–Crippen LogP) is 3.25. The number of pyridine rings is 1. The van der Waals surface area contributed by atoms with Gasteiger partial charge in [0.25, 0.3) is 0 Å². The molecule has 1 aromatic heterocycles. The zero-order valence-corrected chi connectivity index (χ0v) is 14.6. The van der Waals surface area contributed by atoms with Gasteiger partial charge in [0, 0.05) is 23.8 Å². The summed E-state index contributed by atoms with van der Waals surface area (Å²) in [4.78, 5) is 18.0. The summed E-state index contributed by atoms with van der Waals surface area (Å²) in [6.45, 7) is 7.09. The lowest BCUT2D eigenvalue weighted by Crippen LogP contribution is -2.40. The molecule has 0 radical (unpaired) electrons. The van der Waals surface area contributed by atoms with Crippen LogP contribution in [0.15, 0.2) is 16.7 Å². The topological polar surface area (TPSA) is 54.5 Å². The van der Waals surface area contributed by atoms with Crippen molar-refractivity contribution in [2.24, 2.45) is 0 Å². The lowest BCUT2D eigenvalue weighted by Gasteiger charge is -2.28. The number of carbonyl (C=O) groups excluding carboxylic acids is 1. The molecule has 1 N–H and O–H groups in total. The van der Waals surface area contributed by atoms with Crippen molar-refractivity contribution in [1.29, 1.82) is 0 Å². The van der Waals surface area contributed by atoms with Crippen LogP contribution in [0, 0.1) is 5.82 Å². The molecule has 0 spiro atoms. The van der Waals surface area contributed by atoms with Gasteiger partial charge in [-0.15, -0.1) is 0 Å². The number of aromatic nitrogens is 1. The molecular formula is C15H21BrFN3O2. The molecule has 2 rings (SSSR count). The van der Waals surface area contributed by atoms with Gasteiger partial charge in [-0.25, -0.2) is 9.18 Å². The van der Waals surface area contributed by atoms with Gasteiger partial charge in [0.1, 0.15) is 11.4 Å². The quantitative estimate of drug-likeness (QED) is 0.820. The molecule has 0 aliphatic carbocycles. The van der Waals surface area contributed by atoms with E-state index >= 15 is 0 Å². The van der Waals surface area contributed by atoms with Crippen LogP contribution in [0.3, 0.4) is 0 Å². The molecule has 1 atom stereocenters. The highest BCUT2D eigenvalue weighted by Crippen LogP contribution is 2.22. The molecule has 122 valence electrons. The number of amides is 1. The van der Waals surface area contributed by atoms with Crippen LogP contribution in [0.25, 0.3) is 0 Å². The zero-order valence-electron chi connectivity index (χ0n) is 13.0. The fraction of sp³-hybridized carbons (Fsp3) is 0.600. The fourth-order valence-electron chi connectivity index (χ4n) is 2.28. The van der Waals surface area contributed by atoms with Crippen molar-refractivity contribution in [3.8, 4) is 0 Å². The normalized spacial score (nSPS) is 19.7. The van der Waals surface area contributed by atoms with Gasteiger partial charge in [0.15, 0.2) is 0 Å². The van der Waals surface area contributed by atoms with Crippen LogP contribution in [-0.4, -0.2) is 41.2 Å². The minimum atomic E-state index is -0.548. The average Bonchev–Trinajstić information content (AvgIpc) is 2.62. The van der Waals surface area contributed by atoms with Crippen molar-refractivity contribution >= 4 is 22.0 Å². The van der Waals surface area contributed by atoms with Crippen molar-refractivity contribution in [2.75, 3.05) is 19.6 Å². The van der Waals surface area contributed by atoms with E-state index in [0.29, 0.717) is 29.8 Å². The number of carbonyl (C=O) groups is 1. The fourth-order valence-corrected chi connectivity index (χ4v) is 2.58. The Morgan fingerprint density at radius 1 is 1.55 bits per heavy atom. The van der Waals surface area contributed by atoms with Crippen LogP contribution in [0.4, 0.5) is 9.18 Å². The second kappa shape index (κ2) is 6.91. The lowest BCUT2D eigenvalue weighted by molar-refractivity contribution is 0.0246. The first-order chi connectivity index (χ1) is 10.3. The molecule has 1 aromatic rings. The molecule has 7 heteroatoms. The molecule has 5 nitrogen and oxygen atoms in total. The third-order valence-electron chi connectivity index (χ3n) is 3.22. The lowest BCUT2D eigenvalue weighted by atomic mass is 10.1. The maximum absolute atomic E-state index is 14.1. The third-order valence-corrected chi connectivity index (χ3v) is 3.65. The van der Waals surface area contributed by atoms with Crippen LogP contribution in [0.2, 0.25) is 0 Å². The van der Waals surface area contributed by atoms with Crippen LogP contribution in [0.5, 0.6) is 0 Å². The Labute approximate surface area is 138 Å². The van der Waals surface area contributed by atoms with Gasteiger partial charge in [-0.2, -0.15) is 0 Å². The SMILES string of the molecule is CC(C)(C)OC(=O)N1CCCNC(c2ncc(Br)cc2F)C1. The number of rotatable bonds is 1. The molecule has 1 fully saturated rings. The van der Waals surface area contributed by atoms with Gasteiger partial charge in [-0.1, -0.05) is 0 Å². The highest BCUT2D eigenvalue weighted by molar-refractivity contribution is 9.10. The Hall–Kier alpha value is -1.21. The van der Waals surface area contributed by atoms with Crippen LogP contribution < -0.4 is 5.32 Å². The summed E-state index contributed by atoms with van der Waals surface area (Å²) >= 11 is 3.20.